The maximum atomic E-state index is 12.3. The molecule has 5 heteroatoms. The van der Waals surface area contributed by atoms with Crippen LogP contribution in [0, 0.1) is 0 Å². The Morgan fingerprint density at radius 1 is 1.19 bits per heavy atom. The number of amides is 1. The van der Waals surface area contributed by atoms with E-state index in [-0.39, 0.29) is 5.91 Å². The van der Waals surface area contributed by atoms with E-state index in [2.05, 4.69) is 60.7 Å². The van der Waals surface area contributed by atoms with E-state index in [1.165, 1.54) is 15.8 Å². The van der Waals surface area contributed by atoms with Crippen molar-refractivity contribution in [3.63, 3.8) is 0 Å². The van der Waals surface area contributed by atoms with Crippen molar-refractivity contribution in [2.45, 2.75) is 39.0 Å². The van der Waals surface area contributed by atoms with Crippen LogP contribution in [-0.4, -0.2) is 16.2 Å². The second-order valence-electron chi connectivity index (χ2n) is 6.49. The van der Waals surface area contributed by atoms with E-state index in [9.17, 15) is 4.79 Å². The molecule has 26 heavy (non-hydrogen) atoms. The first-order valence-electron chi connectivity index (χ1n) is 8.91. The van der Waals surface area contributed by atoms with Crippen LogP contribution in [0.15, 0.2) is 53.5 Å². The summed E-state index contributed by atoms with van der Waals surface area (Å²) >= 11 is 3.22. The Morgan fingerprint density at radius 3 is 2.65 bits per heavy atom. The van der Waals surface area contributed by atoms with Crippen LogP contribution in [0.25, 0.3) is 10.2 Å². The van der Waals surface area contributed by atoms with Gasteiger partial charge < -0.3 is 4.57 Å². The van der Waals surface area contributed by atoms with Crippen LogP contribution in [0.5, 0.6) is 0 Å². The number of nitrogens with zero attached hydrogens (tertiary/aromatic N) is 2. The van der Waals surface area contributed by atoms with Crippen LogP contribution in [0.4, 0.5) is 0 Å². The maximum Gasteiger partial charge on any atom is 0.258 e. The molecule has 0 atom stereocenters. The molecule has 3 aromatic rings. The summed E-state index contributed by atoms with van der Waals surface area (Å²) in [6.07, 6.45) is 0. The van der Waals surface area contributed by atoms with E-state index < -0.39 is 0 Å². The van der Waals surface area contributed by atoms with Gasteiger partial charge in [0.25, 0.3) is 5.91 Å². The Kier molecular flexibility index (Phi) is 6.33. The van der Waals surface area contributed by atoms with Gasteiger partial charge in [0.05, 0.1) is 16.0 Å². The molecule has 1 aromatic heterocycles. The van der Waals surface area contributed by atoms with Gasteiger partial charge in [-0.1, -0.05) is 61.6 Å². The van der Waals surface area contributed by atoms with Gasteiger partial charge in [-0.05, 0) is 36.1 Å². The zero-order valence-corrected chi connectivity index (χ0v) is 17.1. The molecule has 0 saturated carbocycles. The summed E-state index contributed by atoms with van der Waals surface area (Å²) in [6.45, 7) is 7.29. The number of rotatable bonds is 6. The number of carbonyl (C=O) groups is 1. The average molecular weight is 385 g/mol. The quantitative estimate of drug-likeness (QED) is 0.585. The second kappa shape index (κ2) is 8.69. The molecule has 3 rings (SSSR count). The highest BCUT2D eigenvalue weighted by atomic mass is 32.2. The van der Waals surface area contributed by atoms with Gasteiger partial charge in [-0.2, -0.15) is 4.99 Å². The number of carbonyl (C=O) groups excluding carboxylic acids is 1. The molecule has 0 unspecified atom stereocenters. The Hall–Kier alpha value is -1.85. The summed E-state index contributed by atoms with van der Waals surface area (Å²) in [6, 6.07) is 16.8. The Balaban J connectivity index is 1.78. The normalized spacial score (nSPS) is 12.2. The number of thioether (sulfide) groups is 1. The minimum atomic E-state index is -0.0660. The average Bonchev–Trinajstić information content (AvgIpc) is 2.98. The minimum Gasteiger partial charge on any atom is -0.317 e. The fraction of sp³-hybridized carbons (Fsp3) is 0.333. The van der Waals surface area contributed by atoms with Crippen molar-refractivity contribution >= 4 is 39.2 Å². The Morgan fingerprint density at radius 2 is 1.96 bits per heavy atom. The van der Waals surface area contributed by atoms with E-state index in [0.29, 0.717) is 11.7 Å². The van der Waals surface area contributed by atoms with Crippen molar-refractivity contribution in [2.24, 2.45) is 4.99 Å². The van der Waals surface area contributed by atoms with Crippen molar-refractivity contribution < 1.29 is 4.79 Å². The molecule has 0 aliphatic carbocycles. The van der Waals surface area contributed by atoms with Crippen LogP contribution in [0.1, 0.15) is 37.8 Å². The molecule has 2 aromatic carbocycles. The standard InChI is InChI=1S/C21H24N2OS2/c1-4-23-18-11-10-17(15(2)3)12-19(18)26-21(23)22-20(24)14-25-13-16-8-6-5-7-9-16/h5-12,15H,4,13-14H2,1-3H3. The van der Waals surface area contributed by atoms with Gasteiger partial charge in [-0.15, -0.1) is 11.8 Å². The first kappa shape index (κ1) is 18.9. The summed E-state index contributed by atoms with van der Waals surface area (Å²) in [7, 11) is 0. The van der Waals surface area contributed by atoms with Crippen LogP contribution in [-0.2, 0) is 17.1 Å². The number of aryl methyl sites for hydroxylation is 1. The number of hydrogen-bond acceptors (Lipinski definition) is 3. The third-order valence-electron chi connectivity index (χ3n) is 4.25. The van der Waals surface area contributed by atoms with Gasteiger partial charge in [-0.3, -0.25) is 4.79 Å². The number of thiazole rings is 1. The molecular formula is C21H24N2OS2. The van der Waals surface area contributed by atoms with Crippen LogP contribution >= 0.6 is 23.1 Å². The lowest BCUT2D eigenvalue weighted by atomic mass is 10.0. The molecular weight excluding hydrogens is 360 g/mol. The molecule has 0 fully saturated rings. The Bertz CT molecular complexity index is 955. The molecule has 3 nitrogen and oxygen atoms in total. The van der Waals surface area contributed by atoms with Gasteiger partial charge in [0, 0.05) is 12.3 Å². The minimum absolute atomic E-state index is 0.0660. The molecule has 136 valence electrons. The van der Waals surface area contributed by atoms with E-state index in [1.807, 2.05) is 18.2 Å². The molecule has 0 aliphatic rings. The van der Waals surface area contributed by atoms with Gasteiger partial charge >= 0.3 is 0 Å². The summed E-state index contributed by atoms with van der Waals surface area (Å²) < 4.78 is 3.32. The highest BCUT2D eigenvalue weighted by Gasteiger charge is 2.09. The lowest BCUT2D eigenvalue weighted by Gasteiger charge is -2.05. The van der Waals surface area contributed by atoms with Crippen molar-refractivity contribution in [3.8, 4) is 0 Å². The third-order valence-corrected chi connectivity index (χ3v) is 6.28. The van der Waals surface area contributed by atoms with Gasteiger partial charge in [0.15, 0.2) is 4.80 Å². The SMILES string of the molecule is CCn1c(=NC(=O)CSCc2ccccc2)sc2cc(C(C)C)ccc21. The second-order valence-corrected chi connectivity index (χ2v) is 8.49. The molecule has 1 amide bonds. The molecule has 0 radical (unpaired) electrons. The first-order valence-corrected chi connectivity index (χ1v) is 10.9. The smallest absolute Gasteiger partial charge is 0.258 e. The van der Waals surface area contributed by atoms with Gasteiger partial charge in [-0.25, -0.2) is 0 Å². The monoisotopic (exact) mass is 384 g/mol. The maximum absolute atomic E-state index is 12.3. The fourth-order valence-electron chi connectivity index (χ4n) is 2.81. The molecule has 0 spiro atoms. The molecule has 1 heterocycles. The van der Waals surface area contributed by atoms with Crippen LogP contribution < -0.4 is 4.80 Å². The van der Waals surface area contributed by atoms with Crippen molar-refractivity contribution in [2.75, 3.05) is 5.75 Å². The largest absolute Gasteiger partial charge is 0.317 e. The van der Waals surface area contributed by atoms with Gasteiger partial charge in [0.2, 0.25) is 0 Å². The topological polar surface area (TPSA) is 34.4 Å². The molecule has 0 saturated heterocycles. The van der Waals surface area contributed by atoms with Crippen molar-refractivity contribution in [3.05, 3.63) is 64.5 Å². The van der Waals surface area contributed by atoms with E-state index in [1.54, 1.807) is 23.1 Å². The zero-order valence-electron chi connectivity index (χ0n) is 15.4. The third kappa shape index (κ3) is 4.46. The summed E-state index contributed by atoms with van der Waals surface area (Å²) in [5.74, 6) is 1.67. The predicted octanol–water partition coefficient (Wildman–Crippen LogP) is 5.21. The lowest BCUT2D eigenvalue weighted by Crippen LogP contribution is -2.16. The summed E-state index contributed by atoms with van der Waals surface area (Å²) in [5.41, 5.74) is 3.71. The van der Waals surface area contributed by atoms with Gasteiger partial charge in [0.1, 0.15) is 0 Å². The zero-order chi connectivity index (χ0) is 18.5. The number of hydrogen-bond donors (Lipinski definition) is 0. The number of aromatic nitrogens is 1. The fourth-order valence-corrected chi connectivity index (χ4v) is 4.74. The molecule has 0 aliphatic heterocycles. The van der Waals surface area contributed by atoms with Crippen molar-refractivity contribution in [1.82, 2.24) is 4.57 Å². The first-order chi connectivity index (χ1) is 12.6. The van der Waals surface area contributed by atoms with Crippen LogP contribution in [0.3, 0.4) is 0 Å². The van der Waals surface area contributed by atoms with E-state index in [0.717, 1.165) is 22.6 Å². The molecule has 0 N–H and O–H groups in total. The van der Waals surface area contributed by atoms with Crippen LogP contribution in [0.2, 0.25) is 0 Å². The lowest BCUT2D eigenvalue weighted by molar-refractivity contribution is -0.115. The molecule has 0 bridgehead atoms. The van der Waals surface area contributed by atoms with E-state index >= 15 is 0 Å². The predicted molar refractivity (Wildman–Crippen MR) is 113 cm³/mol. The summed E-state index contributed by atoms with van der Waals surface area (Å²) in [4.78, 5) is 17.5. The Labute approximate surface area is 162 Å². The van der Waals surface area contributed by atoms with E-state index in [4.69, 9.17) is 0 Å². The highest BCUT2D eigenvalue weighted by molar-refractivity contribution is 7.99. The van der Waals surface area contributed by atoms with Crippen molar-refractivity contribution in [1.29, 1.82) is 0 Å². The number of fused-ring (bicyclic) bond motifs is 1. The number of benzene rings is 2. The highest BCUT2D eigenvalue weighted by Crippen LogP contribution is 2.23. The summed E-state index contributed by atoms with van der Waals surface area (Å²) in [5, 5.41) is 0.